The van der Waals surface area contributed by atoms with Gasteiger partial charge in [-0.2, -0.15) is 0 Å². The Morgan fingerprint density at radius 2 is 0.765 bits per heavy atom. The first-order valence-corrected chi connectivity index (χ1v) is 10.5. The molecule has 9 N–H and O–H groups in total. The Balaban J connectivity index is 2.07. The van der Waals surface area contributed by atoms with E-state index in [-0.39, 0.29) is 63.5 Å². The maximum Gasteiger partial charge on any atom is 0.130 e. The Kier molecular flexibility index (Phi) is 7.53. The smallest absolute Gasteiger partial charge is 0.130 e. The molecule has 0 amide bonds. The number of benzene rings is 3. The van der Waals surface area contributed by atoms with E-state index >= 15 is 0 Å². The summed E-state index contributed by atoms with van der Waals surface area (Å²) in [6.07, 6.45) is 0.0237. The van der Waals surface area contributed by atoms with Crippen molar-refractivity contribution in [3.05, 3.63) is 74.3 Å². The first kappa shape index (κ1) is 25.1. The minimum Gasteiger partial charge on any atom is -0.507 e. The first-order chi connectivity index (χ1) is 16.2. The zero-order chi connectivity index (χ0) is 25.2. The summed E-state index contributed by atoms with van der Waals surface area (Å²) >= 11 is 0. The van der Waals surface area contributed by atoms with Gasteiger partial charge in [-0.15, -0.1) is 0 Å². The third kappa shape index (κ3) is 4.59. The van der Waals surface area contributed by atoms with Crippen LogP contribution in [0.3, 0.4) is 0 Å². The van der Waals surface area contributed by atoms with Gasteiger partial charge in [0.15, 0.2) is 0 Å². The van der Waals surface area contributed by atoms with Gasteiger partial charge in [0.1, 0.15) is 28.7 Å². The van der Waals surface area contributed by atoms with Crippen LogP contribution in [0, 0.1) is 6.92 Å². The van der Waals surface area contributed by atoms with Crippen LogP contribution in [-0.4, -0.2) is 46.0 Å². The Morgan fingerprint density at radius 1 is 0.441 bits per heavy atom. The van der Waals surface area contributed by atoms with Crippen molar-refractivity contribution in [1.82, 2.24) is 0 Å². The molecule has 0 atom stereocenters. The van der Waals surface area contributed by atoms with E-state index < -0.39 is 37.9 Å². The average Bonchev–Trinajstić information content (AvgIpc) is 2.81. The summed E-state index contributed by atoms with van der Waals surface area (Å²) in [6.45, 7) is -0.542. The normalized spacial score (nSPS) is 11.2. The number of aliphatic hydroxyl groups is 4. The third-order valence-corrected chi connectivity index (χ3v) is 5.89. The van der Waals surface area contributed by atoms with Gasteiger partial charge >= 0.3 is 0 Å². The summed E-state index contributed by atoms with van der Waals surface area (Å²) in [6, 6.07) is 6.16. The Labute approximate surface area is 195 Å². The summed E-state index contributed by atoms with van der Waals surface area (Å²) in [5.41, 5.74) is 2.10. The zero-order valence-corrected chi connectivity index (χ0v) is 18.6. The quantitative estimate of drug-likeness (QED) is 0.235. The van der Waals surface area contributed by atoms with Crippen LogP contribution in [0.5, 0.6) is 28.7 Å². The van der Waals surface area contributed by atoms with Gasteiger partial charge in [0, 0.05) is 24.0 Å². The Hall–Kier alpha value is -3.50. The highest BCUT2D eigenvalue weighted by molar-refractivity contribution is 5.58. The van der Waals surface area contributed by atoms with Crippen LogP contribution in [0.1, 0.15) is 50.1 Å². The number of aliphatic hydroxyl groups excluding tert-OH is 4. The van der Waals surface area contributed by atoms with Gasteiger partial charge in [-0.05, 0) is 41.3 Å². The van der Waals surface area contributed by atoms with E-state index in [4.69, 9.17) is 0 Å². The molecule has 0 saturated carbocycles. The van der Waals surface area contributed by atoms with Crippen molar-refractivity contribution in [2.45, 2.75) is 46.2 Å². The standard InChI is InChI=1S/C25H28O9/c1-12-2-13(4-15-6-17(8-26)24(33)19(10-28)22(15)31)21(30)14(3-12)5-16-7-18(9-27)25(34)20(11-29)23(16)32/h2-3,6-7,26-34H,4-5,8-11H2,1H3. The van der Waals surface area contributed by atoms with Crippen LogP contribution in [0.2, 0.25) is 0 Å². The van der Waals surface area contributed by atoms with E-state index in [9.17, 15) is 46.0 Å². The predicted octanol–water partition coefficient (Wildman–Crippen LogP) is 1.67. The van der Waals surface area contributed by atoms with Crippen LogP contribution in [0.4, 0.5) is 0 Å². The van der Waals surface area contributed by atoms with E-state index in [0.29, 0.717) is 11.1 Å². The second-order valence-corrected chi connectivity index (χ2v) is 8.16. The third-order valence-electron chi connectivity index (χ3n) is 5.89. The van der Waals surface area contributed by atoms with Crippen LogP contribution in [0.25, 0.3) is 0 Å². The molecule has 0 spiro atoms. The molecule has 3 aromatic carbocycles. The molecule has 0 aliphatic heterocycles. The summed E-state index contributed by atoms with van der Waals surface area (Å²) in [4.78, 5) is 0. The second-order valence-electron chi connectivity index (χ2n) is 8.16. The van der Waals surface area contributed by atoms with Gasteiger partial charge in [-0.25, -0.2) is 0 Å². The second kappa shape index (κ2) is 10.2. The molecule has 0 aliphatic rings. The monoisotopic (exact) mass is 472 g/mol. The van der Waals surface area contributed by atoms with Crippen molar-refractivity contribution in [1.29, 1.82) is 0 Å². The lowest BCUT2D eigenvalue weighted by Gasteiger charge is -2.17. The molecule has 0 heterocycles. The SMILES string of the molecule is Cc1cc(Cc2cc(CO)c(O)c(CO)c2O)c(O)c(Cc2cc(CO)c(O)c(CO)c2O)c1. The van der Waals surface area contributed by atoms with Gasteiger partial charge in [0.2, 0.25) is 0 Å². The van der Waals surface area contributed by atoms with Crippen LogP contribution < -0.4 is 0 Å². The highest BCUT2D eigenvalue weighted by atomic mass is 16.3. The molecule has 0 radical (unpaired) electrons. The molecule has 0 aromatic heterocycles. The van der Waals surface area contributed by atoms with Crippen molar-refractivity contribution >= 4 is 0 Å². The molecule has 9 nitrogen and oxygen atoms in total. The molecule has 3 rings (SSSR count). The maximum absolute atomic E-state index is 11.0. The Bertz CT molecular complexity index is 1130. The van der Waals surface area contributed by atoms with Gasteiger partial charge in [0.05, 0.1) is 37.6 Å². The lowest BCUT2D eigenvalue weighted by Crippen LogP contribution is -2.02. The lowest BCUT2D eigenvalue weighted by atomic mass is 9.92. The number of phenolic OH excluding ortho intramolecular Hbond substituents is 1. The number of hydrogen-bond donors (Lipinski definition) is 9. The summed E-state index contributed by atoms with van der Waals surface area (Å²) in [7, 11) is 0. The van der Waals surface area contributed by atoms with E-state index in [1.54, 1.807) is 19.1 Å². The fourth-order valence-corrected chi connectivity index (χ4v) is 4.12. The summed E-state index contributed by atoms with van der Waals surface area (Å²) < 4.78 is 0. The molecule has 34 heavy (non-hydrogen) atoms. The van der Waals surface area contributed by atoms with E-state index in [1.807, 2.05) is 0 Å². The average molecular weight is 472 g/mol. The molecule has 0 saturated heterocycles. The summed E-state index contributed by atoms with van der Waals surface area (Å²) in [5.74, 6) is -1.63. The van der Waals surface area contributed by atoms with E-state index in [2.05, 4.69) is 0 Å². The zero-order valence-electron chi connectivity index (χ0n) is 18.6. The van der Waals surface area contributed by atoms with Crippen molar-refractivity contribution in [3.8, 4) is 28.7 Å². The molecule has 182 valence electrons. The number of aromatic hydroxyl groups is 5. The van der Waals surface area contributed by atoms with E-state index in [1.165, 1.54) is 12.1 Å². The van der Waals surface area contributed by atoms with Gasteiger partial charge in [-0.3, -0.25) is 0 Å². The molecular weight excluding hydrogens is 444 g/mol. The largest absolute Gasteiger partial charge is 0.507 e. The number of phenols is 5. The minimum absolute atomic E-state index is 0.0119. The number of hydrogen-bond acceptors (Lipinski definition) is 9. The molecule has 0 bridgehead atoms. The van der Waals surface area contributed by atoms with Crippen molar-refractivity contribution in [2.75, 3.05) is 0 Å². The molecule has 0 aliphatic carbocycles. The van der Waals surface area contributed by atoms with E-state index in [0.717, 1.165) is 5.56 Å². The molecule has 9 heteroatoms. The highest BCUT2D eigenvalue weighted by Crippen LogP contribution is 2.39. The molecule has 0 unspecified atom stereocenters. The van der Waals surface area contributed by atoms with Crippen molar-refractivity contribution in [2.24, 2.45) is 0 Å². The van der Waals surface area contributed by atoms with Crippen LogP contribution in [0.15, 0.2) is 24.3 Å². The highest BCUT2D eigenvalue weighted by Gasteiger charge is 2.21. The van der Waals surface area contributed by atoms with Crippen molar-refractivity contribution < 1.29 is 46.0 Å². The fraction of sp³-hybridized carbons (Fsp3) is 0.280. The fourth-order valence-electron chi connectivity index (χ4n) is 4.12. The summed E-state index contributed by atoms with van der Waals surface area (Å²) in [5, 5.41) is 90.2. The molecule has 3 aromatic rings. The van der Waals surface area contributed by atoms with Crippen LogP contribution >= 0.6 is 0 Å². The predicted molar refractivity (Wildman–Crippen MR) is 122 cm³/mol. The molecule has 0 fully saturated rings. The van der Waals surface area contributed by atoms with Crippen LogP contribution in [-0.2, 0) is 39.3 Å². The van der Waals surface area contributed by atoms with Gasteiger partial charge in [-0.1, -0.05) is 17.7 Å². The topological polar surface area (TPSA) is 182 Å². The van der Waals surface area contributed by atoms with Gasteiger partial charge < -0.3 is 46.0 Å². The molecular formula is C25H28O9. The number of aryl methyl sites for hydroxylation is 1. The Morgan fingerprint density at radius 3 is 1.09 bits per heavy atom. The maximum atomic E-state index is 11.0. The van der Waals surface area contributed by atoms with Crippen molar-refractivity contribution in [3.63, 3.8) is 0 Å². The van der Waals surface area contributed by atoms with Gasteiger partial charge in [0.25, 0.3) is 0 Å². The lowest BCUT2D eigenvalue weighted by molar-refractivity contribution is 0.257. The minimum atomic E-state index is -0.649. The number of rotatable bonds is 8. The first-order valence-electron chi connectivity index (χ1n) is 10.5.